The lowest BCUT2D eigenvalue weighted by atomic mass is 10.0. The van der Waals surface area contributed by atoms with Crippen LogP contribution in [0.5, 0.6) is 0 Å². The molecule has 0 spiro atoms. The summed E-state index contributed by atoms with van der Waals surface area (Å²) in [5, 5.41) is 38.8. The second kappa shape index (κ2) is 14.3. The van der Waals surface area contributed by atoms with E-state index < -0.39 is 30.4 Å². The molecule has 0 aromatic rings. The number of aliphatic hydroxyl groups excluding tert-OH is 3. The van der Waals surface area contributed by atoms with Crippen molar-refractivity contribution in [2.45, 2.75) is 82.4 Å². The Morgan fingerprint density at radius 3 is 2.57 bits per heavy atom. The molecule has 6 nitrogen and oxygen atoms in total. The predicted molar refractivity (Wildman–Crippen MR) is 109 cm³/mol. The topological polar surface area (TPSA) is 107 Å². The van der Waals surface area contributed by atoms with Gasteiger partial charge in [-0.05, 0) is 32.1 Å². The Hall–Kier alpha value is -1.73. The van der Waals surface area contributed by atoms with Crippen molar-refractivity contribution in [2.24, 2.45) is 0 Å². The highest BCUT2D eigenvalue weighted by Gasteiger charge is 2.36. The van der Waals surface area contributed by atoms with E-state index in [1.807, 2.05) is 12.2 Å². The number of aliphatic hydroxyl groups is 3. The van der Waals surface area contributed by atoms with E-state index >= 15 is 0 Å². The van der Waals surface area contributed by atoms with Crippen LogP contribution in [-0.4, -0.2) is 56.9 Å². The Labute approximate surface area is 167 Å². The summed E-state index contributed by atoms with van der Waals surface area (Å²) in [6.07, 6.45) is 15.2. The molecule has 1 fully saturated rings. The molecule has 0 bridgehead atoms. The SMILES string of the molecule is CC/C=C\C/C=C\C[C@H]1O[C@@H]([C@@H](O)/C=C/[C@H](O)C/C=C\CCC(=O)O)C[C@H]1O. The Balaban J connectivity index is 2.33. The van der Waals surface area contributed by atoms with E-state index in [0.29, 0.717) is 25.7 Å². The molecule has 4 N–H and O–H groups in total. The van der Waals surface area contributed by atoms with Crippen LogP contribution in [0.15, 0.2) is 48.6 Å². The van der Waals surface area contributed by atoms with Gasteiger partial charge in [0.05, 0.1) is 30.5 Å². The molecule has 1 rings (SSSR count). The van der Waals surface area contributed by atoms with E-state index in [0.717, 1.165) is 12.8 Å². The summed E-state index contributed by atoms with van der Waals surface area (Å²) in [6.45, 7) is 2.08. The van der Waals surface area contributed by atoms with Gasteiger partial charge in [-0.25, -0.2) is 0 Å². The zero-order valence-corrected chi connectivity index (χ0v) is 16.6. The minimum Gasteiger partial charge on any atom is -0.481 e. The zero-order valence-electron chi connectivity index (χ0n) is 16.6. The smallest absolute Gasteiger partial charge is 0.303 e. The summed E-state index contributed by atoms with van der Waals surface area (Å²) in [6, 6.07) is 0. The van der Waals surface area contributed by atoms with Crippen molar-refractivity contribution in [3.63, 3.8) is 0 Å². The van der Waals surface area contributed by atoms with E-state index in [1.54, 1.807) is 12.2 Å². The highest BCUT2D eigenvalue weighted by Crippen LogP contribution is 2.26. The van der Waals surface area contributed by atoms with E-state index in [9.17, 15) is 20.1 Å². The Morgan fingerprint density at radius 1 is 1.11 bits per heavy atom. The maximum atomic E-state index is 10.4. The number of hydrogen-bond acceptors (Lipinski definition) is 5. The molecular weight excluding hydrogens is 360 g/mol. The predicted octanol–water partition coefficient (Wildman–Crippen LogP) is 2.90. The van der Waals surface area contributed by atoms with Crippen LogP contribution in [0.4, 0.5) is 0 Å². The number of allylic oxidation sites excluding steroid dienone is 4. The lowest BCUT2D eigenvalue weighted by Gasteiger charge is -2.16. The third-order valence-corrected chi connectivity index (χ3v) is 4.44. The third-order valence-electron chi connectivity index (χ3n) is 4.44. The molecular formula is C22H34O6. The number of rotatable bonds is 13. The average Bonchev–Trinajstić information content (AvgIpc) is 3.03. The Bertz CT molecular complexity index is 551. The highest BCUT2D eigenvalue weighted by atomic mass is 16.5. The van der Waals surface area contributed by atoms with Gasteiger partial charge in [0.15, 0.2) is 0 Å². The van der Waals surface area contributed by atoms with Crippen molar-refractivity contribution < 1.29 is 30.0 Å². The molecule has 28 heavy (non-hydrogen) atoms. The maximum absolute atomic E-state index is 10.4. The van der Waals surface area contributed by atoms with Crippen LogP contribution < -0.4 is 0 Å². The fourth-order valence-corrected chi connectivity index (χ4v) is 2.87. The van der Waals surface area contributed by atoms with Crippen molar-refractivity contribution in [2.75, 3.05) is 0 Å². The van der Waals surface area contributed by atoms with E-state index in [1.165, 1.54) is 12.2 Å². The molecule has 6 heteroatoms. The molecule has 1 aliphatic heterocycles. The Kier molecular flexibility index (Phi) is 12.4. The molecule has 0 radical (unpaired) electrons. The monoisotopic (exact) mass is 394 g/mol. The minimum absolute atomic E-state index is 0.0638. The van der Waals surface area contributed by atoms with Crippen LogP contribution in [0.2, 0.25) is 0 Å². The second-order valence-corrected chi connectivity index (χ2v) is 6.92. The van der Waals surface area contributed by atoms with Crippen LogP contribution in [-0.2, 0) is 9.53 Å². The molecule has 0 aromatic heterocycles. The van der Waals surface area contributed by atoms with Gasteiger partial charge in [0.25, 0.3) is 0 Å². The minimum atomic E-state index is -0.901. The largest absolute Gasteiger partial charge is 0.481 e. The van der Waals surface area contributed by atoms with Crippen LogP contribution in [0.1, 0.15) is 51.9 Å². The molecule has 0 aromatic carbocycles. The molecule has 5 atom stereocenters. The number of hydrogen-bond donors (Lipinski definition) is 4. The fraction of sp³-hybridized carbons (Fsp3) is 0.591. The molecule has 0 saturated carbocycles. The van der Waals surface area contributed by atoms with Gasteiger partial charge >= 0.3 is 5.97 Å². The maximum Gasteiger partial charge on any atom is 0.303 e. The Morgan fingerprint density at radius 2 is 1.86 bits per heavy atom. The number of aliphatic carboxylic acids is 1. The first-order valence-corrected chi connectivity index (χ1v) is 9.98. The third kappa shape index (κ3) is 10.6. The van der Waals surface area contributed by atoms with Gasteiger partial charge in [-0.3, -0.25) is 4.79 Å². The standard InChI is InChI=1S/C22H34O6/c1-2-3-4-5-6-9-12-20-19(25)16-21(28-20)18(24)15-14-17(23)11-8-7-10-13-22(26)27/h3-4,6-9,14-15,17-21,23-25H,2,5,10-13,16H2,1H3,(H,26,27)/b4-3-,8-7-,9-6-,15-14+/t17-,18+,19-,20-,21-/m1/s1. The molecule has 0 aliphatic carbocycles. The summed E-state index contributed by atoms with van der Waals surface area (Å²) >= 11 is 0. The fourth-order valence-electron chi connectivity index (χ4n) is 2.87. The van der Waals surface area contributed by atoms with Gasteiger partial charge in [0, 0.05) is 12.8 Å². The van der Waals surface area contributed by atoms with Crippen molar-refractivity contribution in [1.82, 2.24) is 0 Å². The van der Waals surface area contributed by atoms with E-state index in [2.05, 4.69) is 19.1 Å². The van der Waals surface area contributed by atoms with Gasteiger partial charge in [-0.2, -0.15) is 0 Å². The van der Waals surface area contributed by atoms with Crippen LogP contribution in [0, 0.1) is 0 Å². The first-order valence-electron chi connectivity index (χ1n) is 9.98. The number of carboxylic acid groups (broad SMARTS) is 1. The van der Waals surface area contributed by atoms with E-state index in [4.69, 9.17) is 9.84 Å². The van der Waals surface area contributed by atoms with Crippen LogP contribution >= 0.6 is 0 Å². The lowest BCUT2D eigenvalue weighted by molar-refractivity contribution is -0.136. The number of carbonyl (C=O) groups is 1. The summed E-state index contributed by atoms with van der Waals surface area (Å²) in [7, 11) is 0. The molecule has 0 unspecified atom stereocenters. The summed E-state index contributed by atoms with van der Waals surface area (Å²) in [5.74, 6) is -0.853. The number of ether oxygens (including phenoxy) is 1. The van der Waals surface area contributed by atoms with E-state index in [-0.39, 0.29) is 12.5 Å². The van der Waals surface area contributed by atoms with Gasteiger partial charge < -0.3 is 25.2 Å². The average molecular weight is 395 g/mol. The summed E-state index contributed by atoms with van der Waals surface area (Å²) in [4.78, 5) is 10.4. The molecule has 158 valence electrons. The molecule has 1 heterocycles. The zero-order chi connectivity index (χ0) is 20.8. The summed E-state index contributed by atoms with van der Waals surface area (Å²) in [5.41, 5.74) is 0. The second-order valence-electron chi connectivity index (χ2n) is 6.92. The molecule has 1 saturated heterocycles. The van der Waals surface area contributed by atoms with Gasteiger partial charge in [-0.15, -0.1) is 0 Å². The van der Waals surface area contributed by atoms with Crippen LogP contribution in [0.25, 0.3) is 0 Å². The van der Waals surface area contributed by atoms with Crippen molar-refractivity contribution in [3.05, 3.63) is 48.6 Å². The molecule has 1 aliphatic rings. The van der Waals surface area contributed by atoms with Crippen molar-refractivity contribution >= 4 is 5.97 Å². The van der Waals surface area contributed by atoms with Gasteiger partial charge in [-0.1, -0.05) is 55.5 Å². The lowest BCUT2D eigenvalue weighted by Crippen LogP contribution is -2.24. The first-order chi connectivity index (χ1) is 13.4. The van der Waals surface area contributed by atoms with Gasteiger partial charge in [0.1, 0.15) is 0 Å². The van der Waals surface area contributed by atoms with Gasteiger partial charge in [0.2, 0.25) is 0 Å². The number of carboxylic acids is 1. The van der Waals surface area contributed by atoms with Crippen molar-refractivity contribution in [3.8, 4) is 0 Å². The van der Waals surface area contributed by atoms with Crippen LogP contribution in [0.3, 0.4) is 0 Å². The first kappa shape index (κ1) is 24.3. The van der Waals surface area contributed by atoms with Crippen molar-refractivity contribution in [1.29, 1.82) is 0 Å². The molecule has 0 amide bonds. The summed E-state index contributed by atoms with van der Waals surface area (Å²) < 4.78 is 5.76. The highest BCUT2D eigenvalue weighted by molar-refractivity contribution is 5.66. The normalized spacial score (nSPS) is 25.5. The quantitative estimate of drug-likeness (QED) is 0.358.